The molecule has 0 bridgehead atoms. The van der Waals surface area contributed by atoms with Crippen molar-refractivity contribution in [3.05, 3.63) is 64.3 Å². The molecule has 1 N–H and O–H groups in total. The minimum absolute atomic E-state index is 0.294. The van der Waals surface area contributed by atoms with Crippen molar-refractivity contribution in [3.8, 4) is 17.2 Å². The number of benzene rings is 1. The fourth-order valence-corrected chi connectivity index (χ4v) is 4.65. The fourth-order valence-electron chi connectivity index (χ4n) is 4.65. The standard InChI is InChI=1S/C23H21FN8O/c1-13-25-22-26-17-11-12-31(23-27-20(28-29-23)15-5-3-2-4-6-15)21(33)18(17)19(32(22)30-13)14-7-9-16(24)10-8-14/h7-12,15H,2-6H2,1H3,(H,27,28,29). The average molecular weight is 444 g/mol. The van der Waals surface area contributed by atoms with Gasteiger partial charge in [0.15, 0.2) is 0 Å². The summed E-state index contributed by atoms with van der Waals surface area (Å²) in [4.78, 5) is 27.3. The molecule has 5 aromatic rings. The van der Waals surface area contributed by atoms with Crippen LogP contribution in [-0.4, -0.2) is 39.3 Å². The summed E-state index contributed by atoms with van der Waals surface area (Å²) in [5.74, 6) is 1.97. The number of fused-ring (bicyclic) bond motifs is 2. The zero-order valence-corrected chi connectivity index (χ0v) is 18.0. The minimum atomic E-state index is -0.364. The normalized spacial score (nSPS) is 15.0. The van der Waals surface area contributed by atoms with Gasteiger partial charge in [0.1, 0.15) is 17.5 Å². The Hall–Kier alpha value is -3.95. The molecule has 33 heavy (non-hydrogen) atoms. The SMILES string of the molecule is Cc1nc2nc3ccn(-c4n[nH]c(C5CCCCC5)n4)c(=O)c3c(-c3ccc(F)cc3)n2n1. The molecular formula is C23H21FN8O. The molecule has 0 unspecified atom stereocenters. The Balaban J connectivity index is 1.58. The van der Waals surface area contributed by atoms with E-state index in [4.69, 9.17) is 0 Å². The van der Waals surface area contributed by atoms with Gasteiger partial charge in [0.05, 0.1) is 16.6 Å². The van der Waals surface area contributed by atoms with E-state index in [1.807, 2.05) is 0 Å². The number of hydrogen-bond acceptors (Lipinski definition) is 6. The van der Waals surface area contributed by atoms with Gasteiger partial charge in [-0.05, 0) is 50.1 Å². The van der Waals surface area contributed by atoms with E-state index in [0.717, 1.165) is 18.7 Å². The quantitative estimate of drug-likeness (QED) is 0.455. The van der Waals surface area contributed by atoms with Crippen LogP contribution in [0.4, 0.5) is 4.39 Å². The maximum absolute atomic E-state index is 13.7. The molecule has 4 heterocycles. The predicted octanol–water partition coefficient (Wildman–Crippen LogP) is 3.71. The second-order valence-electron chi connectivity index (χ2n) is 8.44. The van der Waals surface area contributed by atoms with Gasteiger partial charge in [0, 0.05) is 17.7 Å². The summed E-state index contributed by atoms with van der Waals surface area (Å²) in [6.07, 6.45) is 7.37. The topological polar surface area (TPSA) is 107 Å². The molecule has 4 aromatic heterocycles. The van der Waals surface area contributed by atoms with Crippen LogP contribution in [0.1, 0.15) is 49.7 Å². The summed E-state index contributed by atoms with van der Waals surface area (Å²) >= 11 is 0. The van der Waals surface area contributed by atoms with Gasteiger partial charge in [-0.15, -0.1) is 10.2 Å². The van der Waals surface area contributed by atoms with Crippen LogP contribution in [0, 0.1) is 12.7 Å². The smallest absolute Gasteiger partial charge is 0.268 e. The van der Waals surface area contributed by atoms with Crippen LogP contribution >= 0.6 is 0 Å². The van der Waals surface area contributed by atoms with Crippen LogP contribution in [0.3, 0.4) is 0 Å². The Morgan fingerprint density at radius 3 is 2.61 bits per heavy atom. The molecule has 1 fully saturated rings. The minimum Gasteiger partial charge on any atom is -0.268 e. The summed E-state index contributed by atoms with van der Waals surface area (Å²) in [6.45, 7) is 1.76. The first kappa shape index (κ1) is 19.7. The van der Waals surface area contributed by atoms with Crippen molar-refractivity contribution < 1.29 is 4.39 Å². The molecule has 0 atom stereocenters. The van der Waals surface area contributed by atoms with Crippen LogP contribution in [0.5, 0.6) is 0 Å². The van der Waals surface area contributed by atoms with Gasteiger partial charge in [-0.25, -0.2) is 13.9 Å². The lowest BCUT2D eigenvalue weighted by Gasteiger charge is -2.18. The van der Waals surface area contributed by atoms with Gasteiger partial charge in [-0.3, -0.25) is 9.89 Å². The highest BCUT2D eigenvalue weighted by molar-refractivity contribution is 5.93. The third-order valence-corrected chi connectivity index (χ3v) is 6.25. The number of halogens is 1. The maximum Gasteiger partial charge on any atom is 0.269 e. The van der Waals surface area contributed by atoms with Crippen LogP contribution in [0.25, 0.3) is 33.9 Å². The molecule has 1 saturated carbocycles. The van der Waals surface area contributed by atoms with Gasteiger partial charge < -0.3 is 0 Å². The lowest BCUT2D eigenvalue weighted by molar-refractivity contribution is 0.429. The molecular weight excluding hydrogens is 423 g/mol. The first-order valence-electron chi connectivity index (χ1n) is 11.1. The highest BCUT2D eigenvalue weighted by Crippen LogP contribution is 2.31. The number of nitrogens with one attached hydrogen (secondary N) is 1. The Kier molecular flexibility index (Phi) is 4.53. The second kappa shape index (κ2) is 7.58. The highest BCUT2D eigenvalue weighted by atomic mass is 19.1. The van der Waals surface area contributed by atoms with Crippen molar-refractivity contribution in [3.63, 3.8) is 0 Å². The molecule has 10 heteroatoms. The molecule has 1 aromatic carbocycles. The summed E-state index contributed by atoms with van der Waals surface area (Å²) in [6, 6.07) is 7.68. The number of H-pyrrole nitrogens is 1. The monoisotopic (exact) mass is 444 g/mol. The third kappa shape index (κ3) is 3.29. The van der Waals surface area contributed by atoms with Crippen LogP contribution in [-0.2, 0) is 0 Å². The zero-order chi connectivity index (χ0) is 22.5. The second-order valence-corrected chi connectivity index (χ2v) is 8.44. The molecule has 9 nitrogen and oxygen atoms in total. The van der Waals surface area contributed by atoms with Gasteiger partial charge in [0.2, 0.25) is 0 Å². The summed E-state index contributed by atoms with van der Waals surface area (Å²) < 4.78 is 16.6. The zero-order valence-electron chi connectivity index (χ0n) is 18.0. The number of aromatic amines is 1. The molecule has 1 aliphatic rings. The first-order valence-corrected chi connectivity index (χ1v) is 11.1. The van der Waals surface area contributed by atoms with E-state index in [0.29, 0.717) is 45.6 Å². The molecule has 0 saturated heterocycles. The Morgan fingerprint density at radius 2 is 1.82 bits per heavy atom. The lowest BCUT2D eigenvalue weighted by atomic mass is 9.89. The van der Waals surface area contributed by atoms with Gasteiger partial charge in [0.25, 0.3) is 17.3 Å². The fraction of sp³-hybridized carbons (Fsp3) is 0.304. The van der Waals surface area contributed by atoms with Gasteiger partial charge in [-0.2, -0.15) is 14.5 Å². The number of aryl methyl sites for hydroxylation is 1. The van der Waals surface area contributed by atoms with E-state index in [1.54, 1.807) is 31.3 Å². The summed E-state index contributed by atoms with van der Waals surface area (Å²) in [7, 11) is 0. The predicted molar refractivity (Wildman–Crippen MR) is 120 cm³/mol. The summed E-state index contributed by atoms with van der Waals surface area (Å²) in [5, 5.41) is 12.1. The van der Waals surface area contributed by atoms with Crippen molar-refractivity contribution >= 4 is 16.7 Å². The number of aromatic nitrogens is 8. The number of nitrogens with zero attached hydrogens (tertiary/aromatic N) is 7. The van der Waals surface area contributed by atoms with Crippen molar-refractivity contribution in [2.75, 3.05) is 0 Å². The van der Waals surface area contributed by atoms with E-state index in [1.165, 1.54) is 40.5 Å². The number of hydrogen-bond donors (Lipinski definition) is 1. The Labute approximate surface area is 187 Å². The summed E-state index contributed by atoms with van der Waals surface area (Å²) in [5.41, 5.74) is 1.27. The molecule has 1 aliphatic carbocycles. The molecule has 6 rings (SSSR count). The van der Waals surface area contributed by atoms with Crippen molar-refractivity contribution in [1.29, 1.82) is 0 Å². The Bertz CT molecular complexity index is 1540. The molecule has 166 valence electrons. The van der Waals surface area contributed by atoms with Crippen molar-refractivity contribution in [2.24, 2.45) is 0 Å². The van der Waals surface area contributed by atoms with E-state index >= 15 is 0 Å². The van der Waals surface area contributed by atoms with Crippen LogP contribution < -0.4 is 5.56 Å². The lowest BCUT2D eigenvalue weighted by Crippen LogP contribution is -2.21. The van der Waals surface area contributed by atoms with Crippen LogP contribution in [0.15, 0.2) is 41.3 Å². The van der Waals surface area contributed by atoms with E-state index in [-0.39, 0.29) is 11.4 Å². The van der Waals surface area contributed by atoms with Gasteiger partial charge >= 0.3 is 0 Å². The maximum atomic E-state index is 13.7. The largest absolute Gasteiger partial charge is 0.269 e. The third-order valence-electron chi connectivity index (χ3n) is 6.25. The highest BCUT2D eigenvalue weighted by Gasteiger charge is 2.22. The number of pyridine rings is 1. The first-order chi connectivity index (χ1) is 16.1. The molecule has 0 amide bonds. The van der Waals surface area contributed by atoms with E-state index < -0.39 is 0 Å². The molecule has 0 spiro atoms. The van der Waals surface area contributed by atoms with Crippen molar-refractivity contribution in [1.82, 2.24) is 39.3 Å². The molecule has 0 radical (unpaired) electrons. The number of rotatable bonds is 3. The average Bonchev–Trinajstić information content (AvgIpc) is 3.45. The van der Waals surface area contributed by atoms with Gasteiger partial charge in [-0.1, -0.05) is 19.3 Å². The van der Waals surface area contributed by atoms with E-state index in [9.17, 15) is 9.18 Å². The van der Waals surface area contributed by atoms with Crippen LogP contribution in [0.2, 0.25) is 0 Å². The molecule has 0 aliphatic heterocycles. The Morgan fingerprint density at radius 1 is 1.03 bits per heavy atom. The van der Waals surface area contributed by atoms with E-state index in [2.05, 4.69) is 30.2 Å². The van der Waals surface area contributed by atoms with Crippen molar-refractivity contribution in [2.45, 2.75) is 44.9 Å².